The molecule has 1 aliphatic heterocycles. The van der Waals surface area contributed by atoms with Crippen LogP contribution in [0.15, 0.2) is 99.9 Å². The van der Waals surface area contributed by atoms with Crippen molar-refractivity contribution in [1.82, 2.24) is 4.57 Å². The lowest BCUT2D eigenvalue weighted by molar-refractivity contribution is -0.114. The van der Waals surface area contributed by atoms with E-state index in [1.165, 1.54) is 11.3 Å². The van der Waals surface area contributed by atoms with Crippen LogP contribution in [-0.4, -0.2) is 24.4 Å². The van der Waals surface area contributed by atoms with Crippen LogP contribution in [0.1, 0.15) is 31.0 Å². The first-order chi connectivity index (χ1) is 18.3. The summed E-state index contributed by atoms with van der Waals surface area (Å²) in [7, 11) is 3.97. The Morgan fingerprint density at radius 3 is 2.13 bits per heavy atom. The summed E-state index contributed by atoms with van der Waals surface area (Å²) < 4.78 is 2.29. The molecule has 0 aliphatic carbocycles. The van der Waals surface area contributed by atoms with E-state index in [9.17, 15) is 9.59 Å². The van der Waals surface area contributed by atoms with Gasteiger partial charge in [-0.05, 0) is 70.8 Å². The monoisotopic (exact) mass is 517 g/mol. The molecule has 0 spiro atoms. The number of rotatable bonds is 4. The van der Waals surface area contributed by atoms with Crippen molar-refractivity contribution in [3.8, 4) is 0 Å². The predicted octanol–water partition coefficient (Wildman–Crippen LogP) is 5.20. The van der Waals surface area contributed by atoms with Gasteiger partial charge in [0.15, 0.2) is 10.6 Å². The van der Waals surface area contributed by atoms with Crippen LogP contribution in [0.4, 0.5) is 5.69 Å². The average Bonchev–Trinajstić information content (AvgIpc) is 3.21. The summed E-state index contributed by atoms with van der Waals surface area (Å²) in [6, 6.07) is 26.2. The fourth-order valence-electron chi connectivity index (χ4n) is 5.38. The van der Waals surface area contributed by atoms with Gasteiger partial charge in [0.2, 0.25) is 0 Å². The number of hydrogen-bond acceptors (Lipinski definition) is 5. The minimum absolute atomic E-state index is 0.0812. The van der Waals surface area contributed by atoms with Gasteiger partial charge in [-0.3, -0.25) is 14.2 Å². The summed E-state index contributed by atoms with van der Waals surface area (Å²) in [6.45, 7) is 3.40. The van der Waals surface area contributed by atoms with Gasteiger partial charge in [0.05, 0.1) is 10.6 Å². The fraction of sp³-hybridized carbons (Fsp3) is 0.156. The van der Waals surface area contributed by atoms with Gasteiger partial charge in [-0.1, -0.05) is 72.0 Å². The summed E-state index contributed by atoms with van der Waals surface area (Å²) in [4.78, 5) is 34.3. The molecule has 0 unspecified atom stereocenters. The van der Waals surface area contributed by atoms with E-state index in [1.807, 2.05) is 80.5 Å². The molecule has 38 heavy (non-hydrogen) atoms. The van der Waals surface area contributed by atoms with Crippen molar-refractivity contribution >= 4 is 50.4 Å². The highest BCUT2D eigenvalue weighted by Crippen LogP contribution is 2.32. The third kappa shape index (κ3) is 3.89. The van der Waals surface area contributed by atoms with Crippen molar-refractivity contribution in [1.29, 1.82) is 0 Å². The predicted molar refractivity (Wildman–Crippen MR) is 157 cm³/mol. The van der Waals surface area contributed by atoms with Crippen molar-refractivity contribution in [2.24, 2.45) is 4.99 Å². The molecule has 2 heterocycles. The molecule has 6 heteroatoms. The first kappa shape index (κ1) is 24.1. The number of thiazole rings is 1. The minimum Gasteiger partial charge on any atom is -0.378 e. The summed E-state index contributed by atoms with van der Waals surface area (Å²) in [5.74, 6) is -0.0812. The van der Waals surface area contributed by atoms with E-state index in [2.05, 4.69) is 30.3 Å². The number of anilines is 1. The van der Waals surface area contributed by atoms with E-state index < -0.39 is 6.04 Å². The van der Waals surface area contributed by atoms with E-state index in [4.69, 9.17) is 4.99 Å². The van der Waals surface area contributed by atoms with Crippen molar-refractivity contribution in [2.45, 2.75) is 19.9 Å². The van der Waals surface area contributed by atoms with Crippen LogP contribution in [0, 0.1) is 0 Å². The zero-order valence-corrected chi connectivity index (χ0v) is 22.5. The molecule has 0 bridgehead atoms. The molecule has 0 amide bonds. The Bertz CT molecular complexity index is 1910. The normalized spacial score (nSPS) is 15.6. The van der Waals surface area contributed by atoms with Gasteiger partial charge in [-0.15, -0.1) is 0 Å². The zero-order chi connectivity index (χ0) is 26.6. The maximum Gasteiger partial charge on any atom is 0.271 e. The van der Waals surface area contributed by atoms with Gasteiger partial charge < -0.3 is 4.90 Å². The summed E-state index contributed by atoms with van der Waals surface area (Å²) >= 11 is 1.37. The Labute approximate surface area is 224 Å². The molecular weight excluding hydrogens is 490 g/mol. The molecule has 1 atom stereocenters. The Hall–Kier alpha value is -4.29. The van der Waals surface area contributed by atoms with Crippen molar-refractivity contribution in [2.75, 3.05) is 19.0 Å². The number of aromatic nitrogens is 1. The topological polar surface area (TPSA) is 54.7 Å². The number of fused-ring (bicyclic) bond motifs is 3. The average molecular weight is 518 g/mol. The molecule has 5 aromatic rings. The van der Waals surface area contributed by atoms with Gasteiger partial charge in [0.25, 0.3) is 5.56 Å². The van der Waals surface area contributed by atoms with E-state index in [1.54, 1.807) is 11.5 Å². The maximum atomic E-state index is 14.1. The Morgan fingerprint density at radius 2 is 1.55 bits per heavy atom. The third-order valence-electron chi connectivity index (χ3n) is 7.21. The van der Waals surface area contributed by atoms with Crippen LogP contribution >= 0.6 is 11.3 Å². The largest absolute Gasteiger partial charge is 0.378 e. The number of ketones is 1. The Balaban J connectivity index is 1.63. The molecule has 0 saturated carbocycles. The van der Waals surface area contributed by atoms with Crippen LogP contribution < -0.4 is 19.8 Å². The Kier molecular flexibility index (Phi) is 5.84. The summed E-state index contributed by atoms with van der Waals surface area (Å²) in [5.41, 5.74) is 4.02. The highest BCUT2D eigenvalue weighted by Gasteiger charge is 2.30. The van der Waals surface area contributed by atoms with Gasteiger partial charge in [-0.25, -0.2) is 4.99 Å². The SMILES string of the molecule is CC(=O)C1=C(C)N=c2s/c(=C\c3c4ccccc4cc4ccccc34)c(=O)n2[C@H]1c1ccc(N(C)C)cc1. The highest BCUT2D eigenvalue weighted by atomic mass is 32.1. The number of Topliss-reactive ketones (excluding diaryl/α,β-unsaturated/α-hetero) is 1. The number of benzene rings is 4. The number of hydrogen-bond donors (Lipinski definition) is 0. The van der Waals surface area contributed by atoms with E-state index in [0.29, 0.717) is 20.6 Å². The molecule has 0 radical (unpaired) electrons. The maximum absolute atomic E-state index is 14.1. The van der Waals surface area contributed by atoms with Gasteiger partial charge in [-0.2, -0.15) is 0 Å². The summed E-state index contributed by atoms with van der Waals surface area (Å²) in [5, 5.41) is 4.43. The molecular formula is C32H27N3O2S. The fourth-order valence-corrected chi connectivity index (χ4v) is 6.40. The van der Waals surface area contributed by atoms with Crippen LogP contribution in [0.3, 0.4) is 0 Å². The molecule has 0 fully saturated rings. The second-order valence-corrected chi connectivity index (χ2v) is 10.9. The van der Waals surface area contributed by atoms with Crippen molar-refractivity contribution < 1.29 is 4.79 Å². The van der Waals surface area contributed by atoms with Gasteiger partial charge >= 0.3 is 0 Å². The first-order valence-electron chi connectivity index (χ1n) is 12.5. The summed E-state index contributed by atoms with van der Waals surface area (Å²) in [6.07, 6.45) is 1.99. The second-order valence-electron chi connectivity index (χ2n) is 9.86. The van der Waals surface area contributed by atoms with Crippen LogP contribution in [0.25, 0.3) is 27.6 Å². The van der Waals surface area contributed by atoms with E-state index in [0.717, 1.165) is 38.4 Å². The molecule has 188 valence electrons. The van der Waals surface area contributed by atoms with Gasteiger partial charge in [0.1, 0.15) is 0 Å². The lowest BCUT2D eigenvalue weighted by Gasteiger charge is -2.25. The lowest BCUT2D eigenvalue weighted by Crippen LogP contribution is -2.39. The molecule has 0 saturated heterocycles. The number of nitrogens with zero attached hydrogens (tertiary/aromatic N) is 3. The van der Waals surface area contributed by atoms with Crippen LogP contribution in [0.5, 0.6) is 0 Å². The quantitative estimate of drug-likeness (QED) is 0.308. The van der Waals surface area contributed by atoms with Crippen LogP contribution in [-0.2, 0) is 4.79 Å². The smallest absolute Gasteiger partial charge is 0.271 e. The number of carbonyl (C=O) groups excluding carboxylic acids is 1. The molecule has 0 N–H and O–H groups in total. The second kappa shape index (κ2) is 9.23. The number of carbonyl (C=O) groups is 1. The first-order valence-corrected chi connectivity index (χ1v) is 13.4. The van der Waals surface area contributed by atoms with Gasteiger partial charge in [0, 0.05) is 31.1 Å². The highest BCUT2D eigenvalue weighted by molar-refractivity contribution is 7.07. The third-order valence-corrected chi connectivity index (χ3v) is 8.20. The van der Waals surface area contributed by atoms with Crippen LogP contribution in [0.2, 0.25) is 0 Å². The zero-order valence-electron chi connectivity index (χ0n) is 21.7. The van der Waals surface area contributed by atoms with Crippen molar-refractivity contribution in [3.05, 3.63) is 121 Å². The standard InChI is InChI=1S/C32H27N3O2S/c1-19-29(20(2)36)30(21-13-15-24(16-14-21)34(3)4)35-31(37)28(38-32(35)33-19)18-27-25-11-7-5-9-22(25)17-23-10-6-8-12-26(23)27/h5-18,30H,1-4H3/b28-18-/t30-/m0/s1. The molecule has 4 aromatic carbocycles. The Morgan fingerprint density at radius 1 is 0.947 bits per heavy atom. The molecule has 1 aliphatic rings. The molecule has 5 nitrogen and oxygen atoms in total. The number of allylic oxidation sites excluding steroid dienone is 2. The molecule has 6 rings (SSSR count). The minimum atomic E-state index is -0.522. The van der Waals surface area contributed by atoms with Crippen molar-refractivity contribution in [3.63, 3.8) is 0 Å². The van der Waals surface area contributed by atoms with E-state index >= 15 is 0 Å². The van der Waals surface area contributed by atoms with E-state index in [-0.39, 0.29) is 11.3 Å². The lowest BCUT2D eigenvalue weighted by atomic mass is 9.93. The molecule has 1 aromatic heterocycles.